The average molecular weight is 206 g/mol. The quantitative estimate of drug-likeness (QED) is 0.767. The van der Waals surface area contributed by atoms with Gasteiger partial charge in [-0.2, -0.15) is 0 Å². The zero-order chi connectivity index (χ0) is 11.4. The molecular weight excluding hydrogens is 184 g/mol. The maximum absolute atomic E-state index is 6.09. The summed E-state index contributed by atoms with van der Waals surface area (Å²) in [5.74, 6) is 0. The molecule has 0 spiro atoms. The summed E-state index contributed by atoms with van der Waals surface area (Å²) in [6, 6.07) is 4.46. The maximum atomic E-state index is 6.09. The predicted molar refractivity (Wildman–Crippen MR) is 67.0 cm³/mol. The number of nitrogens with zero attached hydrogens (tertiary/aromatic N) is 1. The highest BCUT2D eigenvalue weighted by Crippen LogP contribution is 2.22. The second-order valence-corrected chi connectivity index (χ2v) is 4.27. The van der Waals surface area contributed by atoms with Crippen molar-refractivity contribution in [3.63, 3.8) is 0 Å². The van der Waals surface area contributed by atoms with E-state index in [0.717, 1.165) is 25.1 Å². The number of nitrogen functional groups attached to an aromatic ring is 1. The van der Waals surface area contributed by atoms with Crippen molar-refractivity contribution >= 4 is 5.69 Å². The standard InChI is InChI=1S/C13H22N2/c1-5-11-7-10(9-15(3)4)8-12(6-2)13(11)14/h7-8H,5-6,9,14H2,1-4H3. The van der Waals surface area contributed by atoms with E-state index in [-0.39, 0.29) is 0 Å². The zero-order valence-electron chi connectivity index (χ0n) is 10.3. The van der Waals surface area contributed by atoms with Gasteiger partial charge in [-0.25, -0.2) is 0 Å². The molecule has 0 atom stereocenters. The molecule has 2 N–H and O–H groups in total. The monoisotopic (exact) mass is 206 g/mol. The van der Waals surface area contributed by atoms with Gasteiger partial charge in [0.15, 0.2) is 0 Å². The van der Waals surface area contributed by atoms with Crippen LogP contribution in [0.4, 0.5) is 5.69 Å². The topological polar surface area (TPSA) is 29.3 Å². The van der Waals surface area contributed by atoms with Crippen LogP contribution in [0.5, 0.6) is 0 Å². The van der Waals surface area contributed by atoms with Crippen LogP contribution in [0, 0.1) is 0 Å². The first-order valence-electron chi connectivity index (χ1n) is 5.63. The van der Waals surface area contributed by atoms with Crippen LogP contribution in [0.3, 0.4) is 0 Å². The fraction of sp³-hybridized carbons (Fsp3) is 0.538. The first-order valence-corrected chi connectivity index (χ1v) is 5.63. The molecule has 0 aliphatic carbocycles. The fourth-order valence-corrected chi connectivity index (χ4v) is 1.89. The SMILES string of the molecule is CCc1cc(CN(C)C)cc(CC)c1N. The second kappa shape index (κ2) is 5.17. The molecule has 1 rings (SSSR count). The number of aryl methyl sites for hydroxylation is 2. The highest BCUT2D eigenvalue weighted by atomic mass is 15.0. The van der Waals surface area contributed by atoms with Crippen molar-refractivity contribution in [3.8, 4) is 0 Å². The smallest absolute Gasteiger partial charge is 0.0379 e. The molecule has 2 nitrogen and oxygen atoms in total. The van der Waals surface area contributed by atoms with E-state index in [1.165, 1.54) is 16.7 Å². The van der Waals surface area contributed by atoms with E-state index in [1.807, 2.05) is 0 Å². The summed E-state index contributed by atoms with van der Waals surface area (Å²) < 4.78 is 0. The summed E-state index contributed by atoms with van der Waals surface area (Å²) in [6.45, 7) is 5.30. The fourth-order valence-electron chi connectivity index (χ4n) is 1.89. The molecule has 0 heterocycles. The van der Waals surface area contributed by atoms with Gasteiger partial charge >= 0.3 is 0 Å². The van der Waals surface area contributed by atoms with Crippen LogP contribution in [0.25, 0.3) is 0 Å². The minimum Gasteiger partial charge on any atom is -0.398 e. The predicted octanol–water partition coefficient (Wildman–Crippen LogP) is 2.46. The van der Waals surface area contributed by atoms with Crippen molar-refractivity contribution < 1.29 is 0 Å². The first kappa shape index (κ1) is 12.1. The Balaban J connectivity index is 3.09. The summed E-state index contributed by atoms with van der Waals surface area (Å²) >= 11 is 0. The van der Waals surface area contributed by atoms with Gasteiger partial charge in [-0.05, 0) is 43.6 Å². The Bertz CT molecular complexity index is 304. The lowest BCUT2D eigenvalue weighted by Gasteiger charge is -2.15. The molecule has 1 aromatic rings. The minimum absolute atomic E-state index is 0.986. The van der Waals surface area contributed by atoms with Crippen LogP contribution in [0.15, 0.2) is 12.1 Å². The van der Waals surface area contributed by atoms with Crippen LogP contribution in [-0.4, -0.2) is 19.0 Å². The molecule has 0 bridgehead atoms. The van der Waals surface area contributed by atoms with Gasteiger partial charge in [0.05, 0.1) is 0 Å². The third kappa shape index (κ3) is 2.96. The average Bonchev–Trinajstić information content (AvgIpc) is 2.19. The minimum atomic E-state index is 0.986. The van der Waals surface area contributed by atoms with Gasteiger partial charge in [0.2, 0.25) is 0 Å². The molecule has 0 aromatic heterocycles. The molecule has 0 saturated heterocycles. The summed E-state index contributed by atoms with van der Waals surface area (Å²) in [7, 11) is 4.18. The third-order valence-corrected chi connectivity index (χ3v) is 2.67. The van der Waals surface area contributed by atoms with Gasteiger partial charge < -0.3 is 10.6 Å². The molecular formula is C13H22N2. The maximum Gasteiger partial charge on any atom is 0.0379 e. The van der Waals surface area contributed by atoms with E-state index in [0.29, 0.717) is 0 Å². The second-order valence-electron chi connectivity index (χ2n) is 4.27. The molecule has 1 aromatic carbocycles. The van der Waals surface area contributed by atoms with Crippen LogP contribution in [-0.2, 0) is 19.4 Å². The van der Waals surface area contributed by atoms with E-state index < -0.39 is 0 Å². The number of benzene rings is 1. The van der Waals surface area contributed by atoms with Crippen LogP contribution < -0.4 is 5.73 Å². The van der Waals surface area contributed by atoms with E-state index in [9.17, 15) is 0 Å². The number of anilines is 1. The van der Waals surface area contributed by atoms with Crippen molar-refractivity contribution in [2.45, 2.75) is 33.2 Å². The summed E-state index contributed by atoms with van der Waals surface area (Å²) in [5, 5.41) is 0. The Labute approximate surface area is 93.1 Å². The van der Waals surface area contributed by atoms with Crippen LogP contribution >= 0.6 is 0 Å². The van der Waals surface area contributed by atoms with Crippen molar-refractivity contribution in [1.82, 2.24) is 4.90 Å². The molecule has 15 heavy (non-hydrogen) atoms. The van der Waals surface area contributed by atoms with E-state index >= 15 is 0 Å². The lowest BCUT2D eigenvalue weighted by molar-refractivity contribution is 0.402. The molecule has 84 valence electrons. The first-order chi connectivity index (χ1) is 7.08. The summed E-state index contributed by atoms with van der Waals surface area (Å²) in [5.41, 5.74) is 11.0. The highest BCUT2D eigenvalue weighted by molar-refractivity contribution is 5.55. The molecule has 2 heteroatoms. The zero-order valence-corrected chi connectivity index (χ0v) is 10.3. The third-order valence-electron chi connectivity index (χ3n) is 2.67. The number of hydrogen-bond donors (Lipinski definition) is 1. The van der Waals surface area contributed by atoms with E-state index in [2.05, 4.69) is 45.0 Å². The largest absolute Gasteiger partial charge is 0.398 e. The number of hydrogen-bond acceptors (Lipinski definition) is 2. The lowest BCUT2D eigenvalue weighted by Crippen LogP contribution is -2.12. The van der Waals surface area contributed by atoms with E-state index in [4.69, 9.17) is 5.73 Å². The number of rotatable bonds is 4. The molecule has 0 radical (unpaired) electrons. The van der Waals surface area contributed by atoms with Crippen molar-refractivity contribution in [3.05, 3.63) is 28.8 Å². The molecule has 0 saturated carbocycles. The van der Waals surface area contributed by atoms with Crippen molar-refractivity contribution in [2.24, 2.45) is 0 Å². The normalized spacial score (nSPS) is 11.0. The molecule has 0 aliphatic heterocycles. The Hall–Kier alpha value is -1.02. The van der Waals surface area contributed by atoms with Gasteiger partial charge in [0.1, 0.15) is 0 Å². The molecule has 0 amide bonds. The van der Waals surface area contributed by atoms with Crippen LogP contribution in [0.2, 0.25) is 0 Å². The lowest BCUT2D eigenvalue weighted by atomic mass is 9.99. The Morgan fingerprint density at radius 1 is 1.07 bits per heavy atom. The van der Waals surface area contributed by atoms with Gasteiger partial charge in [-0.1, -0.05) is 26.0 Å². The molecule has 0 fully saturated rings. The van der Waals surface area contributed by atoms with Crippen molar-refractivity contribution in [1.29, 1.82) is 0 Å². The van der Waals surface area contributed by atoms with Gasteiger partial charge in [-0.3, -0.25) is 0 Å². The van der Waals surface area contributed by atoms with E-state index in [1.54, 1.807) is 0 Å². The number of nitrogens with two attached hydrogens (primary N) is 1. The Kier molecular flexibility index (Phi) is 4.15. The summed E-state index contributed by atoms with van der Waals surface area (Å²) in [6.07, 6.45) is 2.03. The molecule has 0 unspecified atom stereocenters. The van der Waals surface area contributed by atoms with Gasteiger partial charge in [0, 0.05) is 12.2 Å². The van der Waals surface area contributed by atoms with Crippen LogP contribution in [0.1, 0.15) is 30.5 Å². The highest BCUT2D eigenvalue weighted by Gasteiger charge is 2.06. The van der Waals surface area contributed by atoms with Gasteiger partial charge in [-0.15, -0.1) is 0 Å². The Morgan fingerprint density at radius 2 is 1.53 bits per heavy atom. The molecule has 0 aliphatic rings. The summed E-state index contributed by atoms with van der Waals surface area (Å²) in [4.78, 5) is 2.18. The van der Waals surface area contributed by atoms with Gasteiger partial charge in [0.25, 0.3) is 0 Å². The Morgan fingerprint density at radius 3 is 1.87 bits per heavy atom. The van der Waals surface area contributed by atoms with Crippen molar-refractivity contribution in [2.75, 3.05) is 19.8 Å².